The minimum absolute atomic E-state index is 0.214. The molecule has 0 radical (unpaired) electrons. The number of aromatic nitrogens is 1. The molecule has 0 saturated carbocycles. The van der Waals surface area contributed by atoms with Gasteiger partial charge in [0.15, 0.2) is 11.4 Å². The predicted octanol–water partition coefficient (Wildman–Crippen LogP) is 4.54. The van der Waals surface area contributed by atoms with Crippen LogP contribution in [0.15, 0.2) is 6.07 Å². The quantitative estimate of drug-likeness (QED) is 0.531. The van der Waals surface area contributed by atoms with Crippen molar-refractivity contribution in [3.63, 3.8) is 0 Å². The Morgan fingerprint density at radius 2 is 1.63 bits per heavy atom. The number of alkyl halides is 8. The minimum atomic E-state index is -5.31. The van der Waals surface area contributed by atoms with E-state index in [1.165, 1.54) is 0 Å². The van der Waals surface area contributed by atoms with E-state index in [9.17, 15) is 35.1 Å². The van der Waals surface area contributed by atoms with E-state index in [2.05, 4.69) is 9.72 Å². The fourth-order valence-corrected chi connectivity index (χ4v) is 1.76. The van der Waals surface area contributed by atoms with Crippen LogP contribution in [-0.4, -0.2) is 11.3 Å². The summed E-state index contributed by atoms with van der Waals surface area (Å²) in [4.78, 5) is 2.52. The summed E-state index contributed by atoms with van der Waals surface area (Å²) in [5, 5.41) is 0. The lowest BCUT2D eigenvalue weighted by atomic mass is 10.2. The van der Waals surface area contributed by atoms with Gasteiger partial charge in [-0.2, -0.15) is 13.2 Å². The van der Waals surface area contributed by atoms with Crippen molar-refractivity contribution in [3.05, 3.63) is 21.0 Å². The number of rotatable bonds is 2. The molecule has 1 rings (SSSR count). The lowest BCUT2D eigenvalue weighted by Crippen LogP contribution is -2.20. The zero-order valence-electron chi connectivity index (χ0n) is 8.41. The number of pyridine rings is 1. The summed E-state index contributed by atoms with van der Waals surface area (Å²) in [5.41, 5.74) is -3.41. The second-order valence-corrected chi connectivity index (χ2v) is 4.21. The van der Waals surface area contributed by atoms with Gasteiger partial charge in [-0.25, -0.2) is 13.8 Å². The Morgan fingerprint density at radius 3 is 2.00 bits per heavy atom. The van der Waals surface area contributed by atoms with E-state index >= 15 is 0 Å². The van der Waals surface area contributed by atoms with Gasteiger partial charge in [-0.3, -0.25) is 0 Å². The van der Waals surface area contributed by atoms with E-state index in [0.717, 1.165) is 22.6 Å². The molecule has 0 bridgehead atoms. The van der Waals surface area contributed by atoms with Crippen LogP contribution in [-0.2, 0) is 6.18 Å². The summed E-state index contributed by atoms with van der Waals surface area (Å²) in [6.07, 6.45) is -14.0. The van der Waals surface area contributed by atoms with E-state index in [0.29, 0.717) is 0 Å². The summed E-state index contributed by atoms with van der Waals surface area (Å²) < 4.78 is 100. The topological polar surface area (TPSA) is 22.1 Å². The van der Waals surface area contributed by atoms with Gasteiger partial charge < -0.3 is 4.74 Å². The van der Waals surface area contributed by atoms with Crippen molar-refractivity contribution in [1.29, 1.82) is 0 Å². The maximum absolute atomic E-state index is 12.4. The molecule has 1 aromatic rings. The van der Waals surface area contributed by atoms with Gasteiger partial charge in [0.25, 0.3) is 6.43 Å². The Balaban J connectivity index is 3.38. The van der Waals surface area contributed by atoms with Crippen LogP contribution in [0.4, 0.5) is 35.1 Å². The third-order valence-electron chi connectivity index (χ3n) is 1.67. The van der Waals surface area contributed by atoms with Crippen LogP contribution in [0, 0.1) is 3.57 Å². The van der Waals surface area contributed by atoms with Crippen LogP contribution in [0.5, 0.6) is 5.75 Å². The Bertz CT molecular complexity index is 469. The zero-order valence-corrected chi connectivity index (χ0v) is 10.6. The van der Waals surface area contributed by atoms with Crippen LogP contribution in [0.2, 0.25) is 0 Å². The van der Waals surface area contributed by atoms with Crippen molar-refractivity contribution in [3.8, 4) is 5.75 Å². The summed E-state index contributed by atoms with van der Waals surface area (Å²) in [6.45, 7) is 0. The second-order valence-electron chi connectivity index (χ2n) is 3.05. The molecule has 108 valence electrons. The monoisotopic (exact) mass is 407 g/mol. The lowest BCUT2D eigenvalue weighted by molar-refractivity contribution is -0.275. The van der Waals surface area contributed by atoms with Gasteiger partial charge in [-0.05, 0) is 28.7 Å². The molecule has 0 aliphatic carbocycles. The molecule has 19 heavy (non-hydrogen) atoms. The van der Waals surface area contributed by atoms with Crippen LogP contribution < -0.4 is 4.74 Å². The van der Waals surface area contributed by atoms with Gasteiger partial charge in [0.1, 0.15) is 5.69 Å². The summed E-state index contributed by atoms with van der Waals surface area (Å²) in [5.74, 6) is -1.46. The van der Waals surface area contributed by atoms with Gasteiger partial charge in [-0.15, -0.1) is 13.2 Å². The fourth-order valence-electron chi connectivity index (χ4n) is 1.05. The van der Waals surface area contributed by atoms with Crippen molar-refractivity contribution in [2.75, 3.05) is 0 Å². The molecule has 0 unspecified atom stereocenters. The molecule has 0 amide bonds. The van der Waals surface area contributed by atoms with E-state index < -0.39 is 39.7 Å². The van der Waals surface area contributed by atoms with Crippen molar-refractivity contribution in [2.45, 2.75) is 19.0 Å². The molecule has 0 aliphatic rings. The van der Waals surface area contributed by atoms with Crippen molar-refractivity contribution in [2.24, 2.45) is 0 Å². The minimum Gasteiger partial charge on any atom is -0.404 e. The van der Waals surface area contributed by atoms with Crippen LogP contribution >= 0.6 is 22.6 Å². The Labute approximate surface area is 113 Å². The number of hydrogen-bond donors (Lipinski definition) is 0. The van der Waals surface area contributed by atoms with Gasteiger partial charge in [-0.1, -0.05) is 0 Å². The Kier molecular flexibility index (Phi) is 4.47. The highest BCUT2D eigenvalue weighted by molar-refractivity contribution is 14.1. The maximum Gasteiger partial charge on any atom is 0.573 e. The molecule has 0 spiro atoms. The maximum atomic E-state index is 12.4. The van der Waals surface area contributed by atoms with Crippen LogP contribution in [0.3, 0.4) is 0 Å². The Hall–Kier alpha value is -0.880. The molecule has 2 nitrogen and oxygen atoms in total. The molecular weight excluding hydrogens is 405 g/mol. The normalized spacial score (nSPS) is 12.9. The fraction of sp³-hybridized carbons (Fsp3) is 0.375. The van der Waals surface area contributed by atoms with Crippen molar-refractivity contribution >= 4 is 22.6 Å². The molecule has 11 heteroatoms. The summed E-state index contributed by atoms with van der Waals surface area (Å²) in [7, 11) is 0. The molecule has 1 heterocycles. The zero-order chi connectivity index (χ0) is 15.0. The first-order valence-electron chi connectivity index (χ1n) is 4.23. The highest BCUT2D eigenvalue weighted by Gasteiger charge is 2.39. The van der Waals surface area contributed by atoms with Gasteiger partial charge in [0.05, 0.1) is 0 Å². The van der Waals surface area contributed by atoms with Gasteiger partial charge in [0.2, 0.25) is 0 Å². The molecule has 0 aromatic carbocycles. The SMILES string of the molecule is FC(F)c1nc(C(F)(F)F)c(I)cc1OC(F)(F)F. The largest absolute Gasteiger partial charge is 0.573 e. The molecular formula is C8H2F8INO. The van der Waals surface area contributed by atoms with E-state index in [1.807, 2.05) is 0 Å². The molecule has 0 fully saturated rings. The number of halogens is 9. The first-order chi connectivity index (χ1) is 8.42. The van der Waals surface area contributed by atoms with Crippen LogP contribution in [0.25, 0.3) is 0 Å². The van der Waals surface area contributed by atoms with Crippen molar-refractivity contribution in [1.82, 2.24) is 4.98 Å². The van der Waals surface area contributed by atoms with Crippen LogP contribution in [0.1, 0.15) is 17.8 Å². The van der Waals surface area contributed by atoms with Gasteiger partial charge in [0, 0.05) is 3.57 Å². The molecule has 0 aliphatic heterocycles. The average Bonchev–Trinajstić information content (AvgIpc) is 2.11. The second kappa shape index (κ2) is 5.25. The average molecular weight is 407 g/mol. The third kappa shape index (κ3) is 4.31. The molecule has 0 atom stereocenters. The number of nitrogens with zero attached hydrogens (tertiary/aromatic N) is 1. The highest BCUT2D eigenvalue weighted by atomic mass is 127. The summed E-state index contributed by atoms with van der Waals surface area (Å²) >= 11 is 1.03. The first-order valence-corrected chi connectivity index (χ1v) is 5.31. The van der Waals surface area contributed by atoms with E-state index in [1.54, 1.807) is 0 Å². The smallest absolute Gasteiger partial charge is 0.404 e. The lowest BCUT2D eigenvalue weighted by Gasteiger charge is -2.15. The standard InChI is InChI=1S/C8H2F8INO/c9-6(10)4-3(19-8(14,15)16)1-2(17)5(18-4)7(11,12)13/h1,6H. The van der Waals surface area contributed by atoms with Crippen molar-refractivity contribution < 1.29 is 39.9 Å². The number of ether oxygens (including phenoxy) is 1. The highest BCUT2D eigenvalue weighted by Crippen LogP contribution is 2.38. The molecule has 0 N–H and O–H groups in total. The molecule has 0 saturated heterocycles. The van der Waals surface area contributed by atoms with E-state index in [4.69, 9.17) is 0 Å². The Morgan fingerprint density at radius 1 is 1.11 bits per heavy atom. The van der Waals surface area contributed by atoms with E-state index in [-0.39, 0.29) is 6.07 Å². The predicted molar refractivity (Wildman–Crippen MR) is 53.6 cm³/mol. The number of hydrogen-bond acceptors (Lipinski definition) is 2. The van der Waals surface area contributed by atoms with Gasteiger partial charge >= 0.3 is 12.5 Å². The third-order valence-corrected chi connectivity index (χ3v) is 2.49. The summed E-state index contributed by atoms with van der Waals surface area (Å²) in [6, 6.07) is 0.214. The molecule has 1 aromatic heterocycles. The first kappa shape index (κ1) is 16.2.